The highest BCUT2D eigenvalue weighted by Crippen LogP contribution is 2.14. The maximum absolute atomic E-state index is 12.5. The van der Waals surface area contributed by atoms with E-state index in [1.807, 2.05) is 0 Å². The number of hydrogen-bond acceptors (Lipinski definition) is 5. The van der Waals surface area contributed by atoms with Crippen LogP contribution in [-0.4, -0.2) is 57.3 Å². The molecule has 0 aliphatic rings. The number of aliphatic hydroxyl groups excluding tert-OH is 4. The molecule has 0 radical (unpaired) electrons. The van der Waals surface area contributed by atoms with Gasteiger partial charge in [0.2, 0.25) is 5.91 Å². The topological polar surface area (TPSA) is 110 Å². The monoisotopic (exact) mass is 662 g/mol. The van der Waals surface area contributed by atoms with Crippen molar-refractivity contribution in [1.29, 1.82) is 0 Å². The van der Waals surface area contributed by atoms with Gasteiger partial charge in [-0.2, -0.15) is 0 Å². The van der Waals surface area contributed by atoms with Gasteiger partial charge in [0.1, 0.15) is 12.2 Å². The molecule has 4 atom stereocenters. The van der Waals surface area contributed by atoms with Crippen LogP contribution in [0.4, 0.5) is 0 Å². The highest BCUT2D eigenvalue weighted by atomic mass is 16.3. The molecule has 274 valence electrons. The van der Waals surface area contributed by atoms with Crippen LogP contribution >= 0.6 is 0 Å². The molecule has 0 spiro atoms. The van der Waals surface area contributed by atoms with E-state index in [9.17, 15) is 25.2 Å². The zero-order chi connectivity index (χ0) is 34.6. The van der Waals surface area contributed by atoms with E-state index in [0.29, 0.717) is 19.3 Å². The van der Waals surface area contributed by atoms with E-state index in [4.69, 9.17) is 0 Å². The Labute approximate surface area is 289 Å². The van der Waals surface area contributed by atoms with E-state index < -0.39 is 36.9 Å². The second-order valence-corrected chi connectivity index (χ2v) is 13.3. The van der Waals surface area contributed by atoms with Crippen LogP contribution in [0.1, 0.15) is 174 Å². The standard InChI is InChI=1S/C41H75NO5/c1-3-5-7-9-11-13-15-17-18-19-20-21-23-25-27-29-31-33-35-39(45)41(47)42-37(36-43)40(46)38(44)34-32-30-28-26-24-22-16-14-12-10-8-6-4-2/h11,13-17,26,28,37-40,43-46H,3-10,12,18-25,27,29-36H2,1-2H3,(H,42,47)/b13-11-,16-14+,17-15-,28-26+. The highest BCUT2D eigenvalue weighted by Gasteiger charge is 2.28. The van der Waals surface area contributed by atoms with Crippen LogP contribution in [0.15, 0.2) is 48.6 Å². The maximum Gasteiger partial charge on any atom is 0.249 e. The molecular formula is C41H75NO5. The molecule has 6 heteroatoms. The van der Waals surface area contributed by atoms with Gasteiger partial charge in [-0.05, 0) is 77.0 Å². The predicted molar refractivity (Wildman–Crippen MR) is 200 cm³/mol. The third-order valence-electron chi connectivity index (χ3n) is 8.77. The third kappa shape index (κ3) is 30.1. The number of rotatable bonds is 34. The summed E-state index contributed by atoms with van der Waals surface area (Å²) in [5, 5.41) is 43.4. The number of allylic oxidation sites excluding steroid dienone is 8. The Balaban J connectivity index is 3.87. The lowest BCUT2D eigenvalue weighted by Crippen LogP contribution is -2.53. The summed E-state index contributed by atoms with van der Waals surface area (Å²) in [6.45, 7) is 3.96. The van der Waals surface area contributed by atoms with Crippen molar-refractivity contribution in [3.8, 4) is 0 Å². The van der Waals surface area contributed by atoms with E-state index in [1.165, 1.54) is 89.9 Å². The lowest BCUT2D eigenvalue weighted by atomic mass is 10.00. The van der Waals surface area contributed by atoms with E-state index in [0.717, 1.165) is 51.4 Å². The first-order valence-corrected chi connectivity index (χ1v) is 19.5. The van der Waals surface area contributed by atoms with Crippen LogP contribution in [0, 0.1) is 0 Å². The molecule has 1 amide bonds. The molecule has 0 aromatic rings. The molecule has 6 nitrogen and oxygen atoms in total. The Morgan fingerprint density at radius 2 is 0.957 bits per heavy atom. The molecule has 0 aromatic carbocycles. The number of hydrogen-bond donors (Lipinski definition) is 5. The second-order valence-electron chi connectivity index (χ2n) is 13.3. The summed E-state index contributed by atoms with van der Waals surface area (Å²) in [5.41, 5.74) is 0. The Kier molecular flexibility index (Phi) is 34.3. The van der Waals surface area contributed by atoms with Gasteiger partial charge in [-0.1, -0.05) is 146 Å². The van der Waals surface area contributed by atoms with E-state index in [2.05, 4.69) is 67.8 Å². The average Bonchev–Trinajstić information content (AvgIpc) is 3.07. The molecule has 0 aromatic heterocycles. The number of carbonyl (C=O) groups excluding carboxylic acids is 1. The molecule has 47 heavy (non-hydrogen) atoms. The van der Waals surface area contributed by atoms with Crippen LogP contribution in [0.25, 0.3) is 0 Å². The molecule has 0 saturated heterocycles. The zero-order valence-corrected chi connectivity index (χ0v) is 30.5. The van der Waals surface area contributed by atoms with Crippen molar-refractivity contribution >= 4 is 5.91 Å². The van der Waals surface area contributed by atoms with Crippen molar-refractivity contribution in [2.24, 2.45) is 0 Å². The number of amides is 1. The van der Waals surface area contributed by atoms with Gasteiger partial charge in [-0.25, -0.2) is 0 Å². The third-order valence-corrected chi connectivity index (χ3v) is 8.77. The smallest absolute Gasteiger partial charge is 0.249 e. The van der Waals surface area contributed by atoms with Crippen LogP contribution in [0.2, 0.25) is 0 Å². The van der Waals surface area contributed by atoms with Gasteiger partial charge in [0, 0.05) is 0 Å². The normalized spacial score (nSPS) is 14.9. The van der Waals surface area contributed by atoms with Gasteiger partial charge in [-0.3, -0.25) is 4.79 Å². The summed E-state index contributed by atoms with van der Waals surface area (Å²) in [4.78, 5) is 12.5. The van der Waals surface area contributed by atoms with Crippen LogP contribution in [0.5, 0.6) is 0 Å². The van der Waals surface area contributed by atoms with Crippen molar-refractivity contribution in [3.05, 3.63) is 48.6 Å². The fraction of sp³-hybridized carbons (Fsp3) is 0.780. The van der Waals surface area contributed by atoms with Gasteiger partial charge in [0.15, 0.2) is 0 Å². The van der Waals surface area contributed by atoms with Gasteiger partial charge in [0.25, 0.3) is 0 Å². The average molecular weight is 662 g/mol. The predicted octanol–water partition coefficient (Wildman–Crippen LogP) is 9.56. The van der Waals surface area contributed by atoms with Crippen LogP contribution < -0.4 is 5.32 Å². The summed E-state index contributed by atoms with van der Waals surface area (Å²) in [6.07, 6.45) is 41.3. The first-order valence-electron chi connectivity index (χ1n) is 19.5. The molecule has 0 aliphatic heterocycles. The second kappa shape index (κ2) is 35.6. The van der Waals surface area contributed by atoms with Crippen molar-refractivity contribution in [2.45, 2.75) is 199 Å². The molecule has 0 heterocycles. The number of aliphatic hydroxyl groups is 4. The molecule has 0 saturated carbocycles. The Hall–Kier alpha value is -1.73. The molecule has 5 N–H and O–H groups in total. The summed E-state index contributed by atoms with van der Waals surface area (Å²) >= 11 is 0. The molecule has 0 bridgehead atoms. The number of nitrogens with one attached hydrogen (secondary N) is 1. The van der Waals surface area contributed by atoms with E-state index in [1.54, 1.807) is 0 Å². The molecule has 0 rings (SSSR count). The van der Waals surface area contributed by atoms with E-state index in [-0.39, 0.29) is 0 Å². The summed E-state index contributed by atoms with van der Waals surface area (Å²) < 4.78 is 0. The maximum atomic E-state index is 12.5. The van der Waals surface area contributed by atoms with Crippen molar-refractivity contribution in [2.75, 3.05) is 6.61 Å². The van der Waals surface area contributed by atoms with Gasteiger partial charge >= 0.3 is 0 Å². The summed E-state index contributed by atoms with van der Waals surface area (Å²) in [5.74, 6) is -0.605. The molecule has 0 aliphatic carbocycles. The van der Waals surface area contributed by atoms with Crippen molar-refractivity contribution in [3.63, 3.8) is 0 Å². The number of carbonyl (C=O) groups is 1. The molecule has 0 fully saturated rings. The van der Waals surface area contributed by atoms with Crippen molar-refractivity contribution < 1.29 is 25.2 Å². The molecular weight excluding hydrogens is 586 g/mol. The first kappa shape index (κ1) is 45.3. The fourth-order valence-electron chi connectivity index (χ4n) is 5.58. The minimum Gasteiger partial charge on any atom is -0.394 e. The summed E-state index contributed by atoms with van der Waals surface area (Å²) in [6, 6.07) is -1.01. The lowest BCUT2D eigenvalue weighted by Gasteiger charge is -2.27. The van der Waals surface area contributed by atoms with Gasteiger partial charge < -0.3 is 25.7 Å². The molecule has 4 unspecified atom stereocenters. The van der Waals surface area contributed by atoms with Crippen LogP contribution in [-0.2, 0) is 4.79 Å². The Morgan fingerprint density at radius 1 is 0.532 bits per heavy atom. The first-order chi connectivity index (χ1) is 23.0. The SMILES string of the molecule is CCCCC/C=C\C=C/CCCCCCCCCCCC(O)C(=O)NC(CO)C(O)C(O)CCC/C=C/CC/C=C/CCCCCC. The summed E-state index contributed by atoms with van der Waals surface area (Å²) in [7, 11) is 0. The van der Waals surface area contributed by atoms with E-state index >= 15 is 0 Å². The quantitative estimate of drug-likeness (QED) is 0.0268. The Bertz CT molecular complexity index is 793. The lowest BCUT2D eigenvalue weighted by molar-refractivity contribution is -0.132. The minimum absolute atomic E-state index is 0.352. The Morgan fingerprint density at radius 3 is 1.51 bits per heavy atom. The highest BCUT2D eigenvalue weighted by molar-refractivity contribution is 5.80. The van der Waals surface area contributed by atoms with Gasteiger partial charge in [0.05, 0.1) is 18.8 Å². The fourth-order valence-corrected chi connectivity index (χ4v) is 5.58. The largest absolute Gasteiger partial charge is 0.394 e. The van der Waals surface area contributed by atoms with Gasteiger partial charge in [-0.15, -0.1) is 0 Å². The zero-order valence-electron chi connectivity index (χ0n) is 30.5. The minimum atomic E-state index is -1.29. The van der Waals surface area contributed by atoms with Crippen molar-refractivity contribution in [1.82, 2.24) is 5.32 Å². The van der Waals surface area contributed by atoms with Crippen LogP contribution in [0.3, 0.4) is 0 Å². The number of unbranched alkanes of at least 4 members (excludes halogenated alkanes) is 18.